The van der Waals surface area contributed by atoms with Crippen molar-refractivity contribution < 1.29 is 23.9 Å². The fourth-order valence-electron chi connectivity index (χ4n) is 4.06. The van der Waals surface area contributed by atoms with E-state index in [0.29, 0.717) is 18.4 Å². The number of carbonyl (C=O) groups excluding carboxylic acids is 4. The standard InChI is InChI=1S/C28H36N4O5/c1-18-9-8-12-20(15-18)24(25(34)30-17-19-10-6-5-7-11-19)32(21-13-14-21)26(35)22(16-23(29)33)31-27(36)37-28(2,3)4/h5-12,15,21-22,24H,13-14,16-17H2,1-4H3,(H2,29,33)(H,30,34)(H,31,36). The first-order chi connectivity index (χ1) is 17.4. The minimum absolute atomic E-state index is 0.212. The average molecular weight is 509 g/mol. The molecule has 2 aromatic rings. The molecule has 0 aromatic heterocycles. The molecule has 0 saturated heterocycles. The SMILES string of the molecule is Cc1cccc(C(C(=O)NCc2ccccc2)N(C(=O)C(CC(N)=O)NC(=O)OC(C)(C)C)C2CC2)c1. The molecule has 198 valence electrons. The number of nitrogens with two attached hydrogens (primary N) is 1. The topological polar surface area (TPSA) is 131 Å². The molecule has 0 bridgehead atoms. The van der Waals surface area contributed by atoms with Crippen LogP contribution in [0.25, 0.3) is 0 Å². The van der Waals surface area contributed by atoms with Crippen LogP contribution in [-0.2, 0) is 25.7 Å². The zero-order valence-electron chi connectivity index (χ0n) is 21.8. The van der Waals surface area contributed by atoms with E-state index in [0.717, 1.165) is 11.1 Å². The van der Waals surface area contributed by atoms with Crippen LogP contribution in [0.3, 0.4) is 0 Å². The Morgan fingerprint density at radius 3 is 2.30 bits per heavy atom. The van der Waals surface area contributed by atoms with Gasteiger partial charge >= 0.3 is 6.09 Å². The molecule has 1 aliphatic rings. The fraction of sp³-hybridized carbons (Fsp3) is 0.429. The molecule has 1 fully saturated rings. The lowest BCUT2D eigenvalue weighted by atomic mass is 10.00. The molecule has 2 unspecified atom stereocenters. The lowest BCUT2D eigenvalue weighted by Gasteiger charge is -2.34. The number of primary amides is 1. The van der Waals surface area contributed by atoms with Gasteiger partial charge in [0.15, 0.2) is 0 Å². The van der Waals surface area contributed by atoms with Crippen LogP contribution in [0.2, 0.25) is 0 Å². The Morgan fingerprint density at radius 2 is 1.73 bits per heavy atom. The maximum absolute atomic E-state index is 13.9. The van der Waals surface area contributed by atoms with Gasteiger partial charge < -0.3 is 26.0 Å². The smallest absolute Gasteiger partial charge is 0.408 e. The minimum Gasteiger partial charge on any atom is -0.444 e. The molecule has 37 heavy (non-hydrogen) atoms. The third-order valence-corrected chi connectivity index (χ3v) is 5.78. The molecule has 4 N–H and O–H groups in total. The van der Waals surface area contributed by atoms with E-state index in [-0.39, 0.29) is 18.5 Å². The predicted molar refractivity (Wildman–Crippen MR) is 139 cm³/mol. The quantitative estimate of drug-likeness (QED) is 0.454. The van der Waals surface area contributed by atoms with Crippen LogP contribution < -0.4 is 16.4 Å². The van der Waals surface area contributed by atoms with Crippen LogP contribution in [0.5, 0.6) is 0 Å². The second-order valence-electron chi connectivity index (χ2n) is 10.4. The highest BCUT2D eigenvalue weighted by Crippen LogP contribution is 2.36. The number of amides is 4. The minimum atomic E-state index is -1.28. The normalized spacial score (nSPS) is 14.7. The van der Waals surface area contributed by atoms with Crippen molar-refractivity contribution in [1.29, 1.82) is 0 Å². The molecular formula is C28H36N4O5. The van der Waals surface area contributed by atoms with E-state index < -0.39 is 42.0 Å². The number of hydrogen-bond acceptors (Lipinski definition) is 5. The summed E-state index contributed by atoms with van der Waals surface area (Å²) in [7, 11) is 0. The van der Waals surface area contributed by atoms with Crippen molar-refractivity contribution in [2.24, 2.45) is 5.73 Å². The summed E-state index contributed by atoms with van der Waals surface area (Å²) < 4.78 is 5.30. The van der Waals surface area contributed by atoms with Gasteiger partial charge in [-0.1, -0.05) is 60.2 Å². The van der Waals surface area contributed by atoms with Crippen molar-refractivity contribution >= 4 is 23.8 Å². The van der Waals surface area contributed by atoms with E-state index in [2.05, 4.69) is 10.6 Å². The molecule has 1 saturated carbocycles. The third kappa shape index (κ3) is 8.34. The molecule has 4 amide bonds. The molecule has 3 rings (SSSR count). The highest BCUT2D eigenvalue weighted by Gasteiger charge is 2.44. The Kier molecular flexibility index (Phi) is 8.91. The van der Waals surface area contributed by atoms with Gasteiger partial charge in [0.1, 0.15) is 17.7 Å². The molecule has 2 atom stereocenters. The number of ether oxygens (including phenoxy) is 1. The number of nitrogens with zero attached hydrogens (tertiary/aromatic N) is 1. The predicted octanol–water partition coefficient (Wildman–Crippen LogP) is 3.11. The van der Waals surface area contributed by atoms with Gasteiger partial charge in [0.25, 0.3) is 0 Å². The third-order valence-electron chi connectivity index (χ3n) is 5.78. The van der Waals surface area contributed by atoms with E-state index in [1.807, 2.05) is 55.5 Å². The first kappa shape index (κ1) is 27.7. The van der Waals surface area contributed by atoms with Crippen LogP contribution >= 0.6 is 0 Å². The summed E-state index contributed by atoms with van der Waals surface area (Å²) in [5.41, 5.74) is 7.11. The van der Waals surface area contributed by atoms with Gasteiger partial charge in [0.2, 0.25) is 17.7 Å². The number of rotatable bonds is 10. The summed E-state index contributed by atoms with van der Waals surface area (Å²) in [5.74, 6) is -1.68. The summed E-state index contributed by atoms with van der Waals surface area (Å²) in [6.07, 6.45) is 0.141. The Labute approximate surface area is 217 Å². The van der Waals surface area contributed by atoms with Gasteiger partial charge in [-0.05, 0) is 51.7 Å². The maximum atomic E-state index is 13.9. The van der Waals surface area contributed by atoms with Crippen molar-refractivity contribution in [3.05, 3.63) is 71.3 Å². The Hall–Kier alpha value is -3.88. The molecule has 0 radical (unpaired) electrons. The highest BCUT2D eigenvalue weighted by atomic mass is 16.6. The van der Waals surface area contributed by atoms with Crippen molar-refractivity contribution in [2.75, 3.05) is 0 Å². The first-order valence-electron chi connectivity index (χ1n) is 12.4. The Balaban J connectivity index is 1.93. The molecule has 0 heterocycles. The lowest BCUT2D eigenvalue weighted by molar-refractivity contribution is -0.144. The summed E-state index contributed by atoms with van der Waals surface area (Å²) in [6, 6.07) is 14.4. The largest absolute Gasteiger partial charge is 0.444 e. The van der Waals surface area contributed by atoms with Crippen molar-refractivity contribution in [1.82, 2.24) is 15.5 Å². The van der Waals surface area contributed by atoms with Crippen molar-refractivity contribution in [3.8, 4) is 0 Å². The van der Waals surface area contributed by atoms with Gasteiger partial charge in [-0.3, -0.25) is 14.4 Å². The van der Waals surface area contributed by atoms with Crippen LogP contribution in [-0.4, -0.2) is 46.4 Å². The van der Waals surface area contributed by atoms with Crippen LogP contribution in [0.1, 0.15) is 62.8 Å². The number of alkyl carbamates (subject to hydrolysis) is 1. The summed E-state index contributed by atoms with van der Waals surface area (Å²) in [4.78, 5) is 53.4. The van der Waals surface area contributed by atoms with Crippen LogP contribution in [0, 0.1) is 6.92 Å². The highest BCUT2D eigenvalue weighted by molar-refractivity contribution is 5.95. The van der Waals surface area contributed by atoms with Gasteiger partial charge in [-0.25, -0.2) is 4.79 Å². The summed E-state index contributed by atoms with van der Waals surface area (Å²) in [5, 5.41) is 5.45. The second-order valence-corrected chi connectivity index (χ2v) is 10.4. The molecule has 1 aliphatic carbocycles. The summed E-state index contributed by atoms with van der Waals surface area (Å²) >= 11 is 0. The van der Waals surface area contributed by atoms with Gasteiger partial charge in [0.05, 0.1) is 6.42 Å². The molecule has 9 heteroatoms. The molecular weight excluding hydrogens is 472 g/mol. The number of nitrogens with one attached hydrogen (secondary N) is 2. The molecule has 9 nitrogen and oxygen atoms in total. The van der Waals surface area contributed by atoms with Crippen LogP contribution in [0.15, 0.2) is 54.6 Å². The zero-order chi connectivity index (χ0) is 27.2. The van der Waals surface area contributed by atoms with E-state index in [1.54, 1.807) is 26.8 Å². The van der Waals surface area contributed by atoms with Gasteiger partial charge in [-0.15, -0.1) is 0 Å². The van der Waals surface area contributed by atoms with Gasteiger partial charge in [0, 0.05) is 12.6 Å². The maximum Gasteiger partial charge on any atom is 0.408 e. The monoisotopic (exact) mass is 508 g/mol. The van der Waals surface area contributed by atoms with Crippen molar-refractivity contribution in [3.63, 3.8) is 0 Å². The number of aryl methyl sites for hydroxylation is 1. The molecule has 0 aliphatic heterocycles. The van der Waals surface area contributed by atoms with Crippen LogP contribution in [0.4, 0.5) is 4.79 Å². The van der Waals surface area contributed by atoms with E-state index >= 15 is 0 Å². The first-order valence-corrected chi connectivity index (χ1v) is 12.4. The fourth-order valence-corrected chi connectivity index (χ4v) is 4.06. The Bertz CT molecular complexity index is 1120. The lowest BCUT2D eigenvalue weighted by Crippen LogP contribution is -2.54. The number of carbonyl (C=O) groups is 4. The molecule has 0 spiro atoms. The van der Waals surface area contributed by atoms with E-state index in [9.17, 15) is 19.2 Å². The van der Waals surface area contributed by atoms with E-state index in [1.165, 1.54) is 4.90 Å². The molecule has 2 aromatic carbocycles. The zero-order valence-corrected chi connectivity index (χ0v) is 21.8. The Morgan fingerprint density at radius 1 is 1.05 bits per heavy atom. The van der Waals surface area contributed by atoms with E-state index in [4.69, 9.17) is 10.5 Å². The summed E-state index contributed by atoms with van der Waals surface area (Å²) in [6.45, 7) is 7.28. The average Bonchev–Trinajstić information content (AvgIpc) is 3.64. The number of hydrogen-bond donors (Lipinski definition) is 3. The number of benzene rings is 2. The second kappa shape index (κ2) is 11.9. The van der Waals surface area contributed by atoms with Crippen molar-refractivity contribution in [2.45, 2.75) is 77.2 Å². The van der Waals surface area contributed by atoms with Gasteiger partial charge in [-0.2, -0.15) is 0 Å².